The number of carboxylic acids is 1. The van der Waals surface area contributed by atoms with Crippen LogP contribution in [0.3, 0.4) is 0 Å². The van der Waals surface area contributed by atoms with Crippen molar-refractivity contribution in [3.63, 3.8) is 0 Å². The van der Waals surface area contributed by atoms with Gasteiger partial charge >= 0.3 is 5.97 Å². The maximum atomic E-state index is 10.1. The van der Waals surface area contributed by atoms with Gasteiger partial charge < -0.3 is 14.9 Å². The molecule has 1 aliphatic rings. The van der Waals surface area contributed by atoms with Gasteiger partial charge in [-0.3, -0.25) is 4.90 Å². The molecular weight excluding hydrogens is 390 g/mol. The van der Waals surface area contributed by atoms with E-state index in [1.807, 2.05) is 12.1 Å². The molecule has 0 amide bonds. The Morgan fingerprint density at radius 1 is 0.935 bits per heavy atom. The van der Waals surface area contributed by atoms with Crippen LogP contribution in [0.4, 0.5) is 0 Å². The Kier molecular flexibility index (Phi) is 12.3. The fourth-order valence-corrected chi connectivity index (χ4v) is 3.61. The van der Waals surface area contributed by atoms with Crippen molar-refractivity contribution in [2.75, 3.05) is 19.8 Å². The van der Waals surface area contributed by atoms with Crippen molar-refractivity contribution in [3.05, 3.63) is 83.9 Å². The summed E-state index contributed by atoms with van der Waals surface area (Å²) in [6, 6.07) is 20.7. The zero-order valence-electron chi connectivity index (χ0n) is 18.2. The first-order chi connectivity index (χ1) is 15.2. The molecule has 31 heavy (non-hydrogen) atoms. The van der Waals surface area contributed by atoms with Crippen molar-refractivity contribution < 1.29 is 19.7 Å². The third-order valence-electron chi connectivity index (χ3n) is 5.16. The summed E-state index contributed by atoms with van der Waals surface area (Å²) in [5, 5.41) is 17.5. The molecule has 1 saturated carbocycles. The van der Waals surface area contributed by atoms with Gasteiger partial charge in [-0.25, -0.2) is 4.79 Å². The molecule has 168 valence electrons. The van der Waals surface area contributed by atoms with Crippen LogP contribution in [0.15, 0.2) is 72.8 Å². The van der Waals surface area contributed by atoms with Crippen LogP contribution < -0.4 is 0 Å². The lowest BCUT2D eigenvalue weighted by Gasteiger charge is -2.21. The van der Waals surface area contributed by atoms with Crippen LogP contribution in [0.25, 0.3) is 0 Å². The Balaban J connectivity index is 0.000000233. The van der Waals surface area contributed by atoms with Gasteiger partial charge in [-0.15, -0.1) is 0 Å². The van der Waals surface area contributed by atoms with Crippen LogP contribution in [-0.2, 0) is 22.6 Å². The number of nitrogens with zero attached hydrogens (tertiary/aromatic N) is 1. The third kappa shape index (κ3) is 11.5. The molecule has 1 aliphatic carbocycles. The Labute approximate surface area is 186 Å². The van der Waals surface area contributed by atoms with Gasteiger partial charge in [-0.2, -0.15) is 0 Å². The van der Waals surface area contributed by atoms with Crippen LogP contribution in [0.2, 0.25) is 0 Å². The summed E-state index contributed by atoms with van der Waals surface area (Å²) >= 11 is 0. The third-order valence-corrected chi connectivity index (χ3v) is 5.16. The average molecular weight is 426 g/mol. The fourth-order valence-electron chi connectivity index (χ4n) is 3.61. The summed E-state index contributed by atoms with van der Waals surface area (Å²) in [5.41, 5.74) is 2.56. The molecule has 0 aliphatic heterocycles. The smallest absolute Gasteiger partial charge is 0.328 e. The van der Waals surface area contributed by atoms with E-state index in [4.69, 9.17) is 14.9 Å². The largest absolute Gasteiger partial charge is 0.478 e. The minimum Gasteiger partial charge on any atom is -0.478 e. The van der Waals surface area contributed by atoms with Crippen molar-refractivity contribution in [1.82, 2.24) is 4.90 Å². The van der Waals surface area contributed by atoms with Crippen LogP contribution in [0.1, 0.15) is 43.2 Å². The monoisotopic (exact) mass is 425 g/mol. The number of aliphatic carboxylic acids is 1. The molecule has 0 unspecified atom stereocenters. The molecule has 0 atom stereocenters. The van der Waals surface area contributed by atoms with Gasteiger partial charge in [0.2, 0.25) is 0 Å². The Bertz CT molecular complexity index is 701. The number of aliphatic hydroxyl groups is 1. The highest BCUT2D eigenvalue weighted by molar-refractivity contribution is 5.79. The van der Waals surface area contributed by atoms with Crippen LogP contribution in [0, 0.1) is 0 Å². The highest BCUT2D eigenvalue weighted by Crippen LogP contribution is 2.20. The van der Waals surface area contributed by atoms with Crippen molar-refractivity contribution in [2.45, 2.75) is 51.3 Å². The van der Waals surface area contributed by atoms with Crippen molar-refractivity contribution in [2.24, 2.45) is 0 Å². The second-order valence-electron chi connectivity index (χ2n) is 7.74. The molecule has 3 rings (SSSR count). The minimum absolute atomic E-state index is 0.194. The van der Waals surface area contributed by atoms with Crippen LogP contribution in [0.5, 0.6) is 0 Å². The summed E-state index contributed by atoms with van der Waals surface area (Å²) in [6.07, 6.45) is 9.08. The van der Waals surface area contributed by atoms with E-state index in [1.54, 1.807) is 6.08 Å². The van der Waals surface area contributed by atoms with Gasteiger partial charge in [0, 0.05) is 25.7 Å². The van der Waals surface area contributed by atoms with Gasteiger partial charge in [0.15, 0.2) is 0 Å². The van der Waals surface area contributed by atoms with E-state index in [2.05, 4.69) is 53.4 Å². The number of aliphatic hydroxyl groups excluding tert-OH is 1. The highest BCUT2D eigenvalue weighted by atomic mass is 16.5. The van der Waals surface area contributed by atoms with E-state index in [-0.39, 0.29) is 6.61 Å². The standard InChI is InChI=1S/C16H19NO.C10H16O3/c18-12-11-17(13-15-7-3-1-4-8-15)14-16-9-5-2-6-10-16;11-10(12)7-4-8-13-9-5-2-1-3-6-9/h1-10,18H,11-14H2;4,7,9H,1-3,5-6,8H2,(H,11,12)/b;7-4+. The molecule has 0 bridgehead atoms. The van der Waals surface area contributed by atoms with Crippen LogP contribution >= 0.6 is 0 Å². The number of benzene rings is 2. The lowest BCUT2D eigenvalue weighted by atomic mass is 9.98. The number of hydrogen-bond donors (Lipinski definition) is 2. The Morgan fingerprint density at radius 2 is 1.48 bits per heavy atom. The molecule has 2 aromatic rings. The second-order valence-corrected chi connectivity index (χ2v) is 7.74. The molecule has 5 nitrogen and oxygen atoms in total. The average Bonchev–Trinajstić information content (AvgIpc) is 2.79. The maximum absolute atomic E-state index is 10.1. The Hall–Kier alpha value is -2.47. The molecule has 0 aromatic heterocycles. The normalized spacial score (nSPS) is 14.4. The van der Waals surface area contributed by atoms with Crippen LogP contribution in [-0.4, -0.2) is 46.9 Å². The van der Waals surface area contributed by atoms with Crippen molar-refractivity contribution in [3.8, 4) is 0 Å². The SMILES string of the molecule is O=C(O)/C=C/COC1CCCCC1.OCCN(Cc1ccccc1)Cc1ccccc1. The molecule has 0 spiro atoms. The quantitative estimate of drug-likeness (QED) is 0.542. The number of rotatable bonds is 10. The Morgan fingerprint density at radius 3 is 1.97 bits per heavy atom. The summed E-state index contributed by atoms with van der Waals surface area (Å²) in [5.74, 6) is -0.910. The van der Waals surface area contributed by atoms with E-state index < -0.39 is 5.97 Å². The molecule has 1 fully saturated rings. The van der Waals surface area contributed by atoms with Gasteiger partial charge in [0.25, 0.3) is 0 Å². The highest BCUT2D eigenvalue weighted by Gasteiger charge is 2.12. The van der Waals surface area contributed by atoms with Gasteiger partial charge in [0.1, 0.15) is 0 Å². The van der Waals surface area contributed by atoms with E-state index in [9.17, 15) is 4.79 Å². The van der Waals surface area contributed by atoms with Gasteiger partial charge in [-0.1, -0.05) is 86.0 Å². The molecular formula is C26H35NO4. The van der Waals surface area contributed by atoms with Crippen molar-refractivity contribution in [1.29, 1.82) is 0 Å². The van der Waals surface area contributed by atoms with Gasteiger partial charge in [-0.05, 0) is 24.0 Å². The van der Waals surface area contributed by atoms with E-state index >= 15 is 0 Å². The summed E-state index contributed by atoms with van der Waals surface area (Å²) in [4.78, 5) is 12.4. The first-order valence-corrected chi connectivity index (χ1v) is 11.1. The molecule has 0 saturated heterocycles. The first-order valence-electron chi connectivity index (χ1n) is 11.1. The minimum atomic E-state index is -0.910. The number of ether oxygens (including phenoxy) is 1. The number of carboxylic acid groups (broad SMARTS) is 1. The van der Waals surface area contributed by atoms with Crippen molar-refractivity contribution >= 4 is 5.97 Å². The molecule has 2 aromatic carbocycles. The molecule has 5 heteroatoms. The predicted molar refractivity (Wildman–Crippen MR) is 124 cm³/mol. The van der Waals surface area contributed by atoms with E-state index in [0.29, 0.717) is 19.3 Å². The zero-order chi connectivity index (χ0) is 22.2. The predicted octanol–water partition coefficient (Wildman–Crippen LogP) is 4.66. The summed E-state index contributed by atoms with van der Waals surface area (Å²) < 4.78 is 5.48. The van der Waals surface area contributed by atoms with Gasteiger partial charge in [0.05, 0.1) is 19.3 Å². The molecule has 0 heterocycles. The number of carbonyl (C=O) groups is 1. The first kappa shape index (κ1) is 24.8. The van der Waals surface area contributed by atoms with E-state index in [0.717, 1.165) is 32.0 Å². The second kappa shape index (κ2) is 15.3. The summed E-state index contributed by atoms with van der Waals surface area (Å²) in [7, 11) is 0. The summed E-state index contributed by atoms with van der Waals surface area (Å²) in [6.45, 7) is 3.06. The fraction of sp³-hybridized carbons (Fsp3) is 0.423. The molecule has 0 radical (unpaired) electrons. The lowest BCUT2D eigenvalue weighted by Crippen LogP contribution is -2.26. The van der Waals surface area contributed by atoms with E-state index in [1.165, 1.54) is 30.4 Å². The maximum Gasteiger partial charge on any atom is 0.328 e. The zero-order valence-corrected chi connectivity index (χ0v) is 18.2. The lowest BCUT2D eigenvalue weighted by molar-refractivity contribution is -0.131. The molecule has 2 N–H and O–H groups in total. The topological polar surface area (TPSA) is 70.0 Å². The number of hydrogen-bond acceptors (Lipinski definition) is 4.